The van der Waals surface area contributed by atoms with Gasteiger partial charge in [0.15, 0.2) is 0 Å². The van der Waals surface area contributed by atoms with E-state index in [2.05, 4.69) is 0 Å². The third-order valence-corrected chi connectivity index (χ3v) is 6.73. The van der Waals surface area contributed by atoms with Crippen LogP contribution in [0.3, 0.4) is 0 Å². The SMILES string of the molecule is O=S(=O)(C1CCCC1)N1CCCCC1CCCl. The van der Waals surface area contributed by atoms with Gasteiger partial charge in [-0.3, -0.25) is 0 Å². The number of rotatable bonds is 4. The predicted molar refractivity (Wildman–Crippen MR) is 70.9 cm³/mol. The summed E-state index contributed by atoms with van der Waals surface area (Å²) in [4.78, 5) is 0. The number of alkyl halides is 1. The van der Waals surface area contributed by atoms with Crippen LogP contribution >= 0.6 is 11.6 Å². The maximum Gasteiger partial charge on any atom is 0.217 e. The molecule has 0 N–H and O–H groups in total. The Kier molecular flexibility index (Phi) is 4.72. The predicted octanol–water partition coefficient (Wildman–Crippen LogP) is 2.74. The Morgan fingerprint density at radius 1 is 1.06 bits per heavy atom. The first-order valence-electron chi connectivity index (χ1n) is 6.73. The molecule has 100 valence electrons. The number of nitrogens with zero attached hydrogens (tertiary/aromatic N) is 1. The average Bonchev–Trinajstić information content (AvgIpc) is 2.84. The molecule has 1 unspecified atom stereocenters. The zero-order chi connectivity index (χ0) is 12.3. The maximum absolute atomic E-state index is 12.6. The molecule has 1 heterocycles. The highest BCUT2D eigenvalue weighted by atomic mass is 35.5. The van der Waals surface area contributed by atoms with Crippen LogP contribution in [0.15, 0.2) is 0 Å². The van der Waals surface area contributed by atoms with Gasteiger partial charge in [0.25, 0.3) is 0 Å². The van der Waals surface area contributed by atoms with Gasteiger partial charge in [-0.15, -0.1) is 11.6 Å². The van der Waals surface area contributed by atoms with Crippen molar-refractivity contribution in [2.45, 2.75) is 62.7 Å². The number of hydrogen-bond donors (Lipinski definition) is 0. The molecule has 2 fully saturated rings. The molecular formula is C12H22ClNO2S. The van der Waals surface area contributed by atoms with Crippen LogP contribution in [0.5, 0.6) is 0 Å². The molecule has 17 heavy (non-hydrogen) atoms. The number of halogens is 1. The van der Waals surface area contributed by atoms with E-state index < -0.39 is 10.0 Å². The highest BCUT2D eigenvalue weighted by molar-refractivity contribution is 7.89. The average molecular weight is 280 g/mol. The summed E-state index contributed by atoms with van der Waals surface area (Å²) < 4.78 is 26.9. The number of hydrogen-bond acceptors (Lipinski definition) is 2. The second kappa shape index (κ2) is 5.89. The molecule has 0 aromatic carbocycles. The molecule has 1 aliphatic carbocycles. The van der Waals surface area contributed by atoms with E-state index in [0.29, 0.717) is 12.4 Å². The van der Waals surface area contributed by atoms with E-state index >= 15 is 0 Å². The monoisotopic (exact) mass is 279 g/mol. The minimum absolute atomic E-state index is 0.113. The number of piperidine rings is 1. The summed E-state index contributed by atoms with van der Waals surface area (Å²) in [7, 11) is -3.06. The van der Waals surface area contributed by atoms with E-state index in [9.17, 15) is 8.42 Å². The van der Waals surface area contributed by atoms with E-state index in [1.807, 2.05) is 0 Å². The van der Waals surface area contributed by atoms with Crippen molar-refractivity contribution in [2.24, 2.45) is 0 Å². The summed E-state index contributed by atoms with van der Waals surface area (Å²) in [5.41, 5.74) is 0. The molecule has 1 atom stereocenters. The minimum Gasteiger partial charge on any atom is -0.212 e. The van der Waals surface area contributed by atoms with Gasteiger partial charge in [-0.1, -0.05) is 19.3 Å². The smallest absolute Gasteiger partial charge is 0.212 e. The molecule has 1 saturated heterocycles. The molecule has 0 spiro atoms. The van der Waals surface area contributed by atoms with Gasteiger partial charge in [0.1, 0.15) is 0 Å². The first-order valence-corrected chi connectivity index (χ1v) is 8.76. The second-order valence-corrected chi connectivity index (χ2v) is 7.73. The van der Waals surface area contributed by atoms with Crippen molar-refractivity contribution >= 4 is 21.6 Å². The zero-order valence-electron chi connectivity index (χ0n) is 10.3. The molecule has 0 aromatic rings. The summed E-state index contributed by atoms with van der Waals surface area (Å²) in [5.74, 6) is 0.557. The fourth-order valence-electron chi connectivity index (χ4n) is 3.10. The highest BCUT2D eigenvalue weighted by Crippen LogP contribution is 2.31. The maximum atomic E-state index is 12.6. The first-order chi connectivity index (χ1) is 8.16. The van der Waals surface area contributed by atoms with Crippen LogP contribution in [0.1, 0.15) is 51.4 Å². The van der Waals surface area contributed by atoms with Crippen LogP contribution in [0.2, 0.25) is 0 Å². The molecule has 0 aromatic heterocycles. The zero-order valence-corrected chi connectivity index (χ0v) is 11.8. The Balaban J connectivity index is 2.11. The second-order valence-electron chi connectivity index (χ2n) is 5.19. The standard InChI is InChI=1S/C12H22ClNO2S/c13-9-8-11-5-3-4-10-14(11)17(15,16)12-6-1-2-7-12/h11-12H,1-10H2. The Labute approximate surface area is 110 Å². The molecule has 1 saturated carbocycles. The van der Waals surface area contributed by atoms with Crippen molar-refractivity contribution in [1.29, 1.82) is 0 Å². The van der Waals surface area contributed by atoms with Crippen LogP contribution in [-0.4, -0.2) is 36.4 Å². The van der Waals surface area contributed by atoms with Crippen LogP contribution in [-0.2, 0) is 10.0 Å². The van der Waals surface area contributed by atoms with Gasteiger partial charge in [0.2, 0.25) is 10.0 Å². The molecule has 2 aliphatic rings. The van der Waals surface area contributed by atoms with Crippen LogP contribution < -0.4 is 0 Å². The highest BCUT2D eigenvalue weighted by Gasteiger charge is 2.38. The number of sulfonamides is 1. The lowest BCUT2D eigenvalue weighted by molar-refractivity contribution is 0.245. The van der Waals surface area contributed by atoms with Gasteiger partial charge in [-0.05, 0) is 32.1 Å². The summed E-state index contributed by atoms with van der Waals surface area (Å²) in [6, 6.07) is 0.159. The topological polar surface area (TPSA) is 37.4 Å². The van der Waals surface area contributed by atoms with Crippen LogP contribution in [0.25, 0.3) is 0 Å². The molecule has 5 heteroatoms. The van der Waals surface area contributed by atoms with Crippen molar-refractivity contribution < 1.29 is 8.42 Å². The summed E-state index contributed by atoms with van der Waals surface area (Å²) in [5, 5.41) is -0.113. The van der Waals surface area contributed by atoms with E-state index in [4.69, 9.17) is 11.6 Å². The van der Waals surface area contributed by atoms with Crippen molar-refractivity contribution in [1.82, 2.24) is 4.31 Å². The van der Waals surface area contributed by atoms with E-state index in [1.165, 1.54) is 0 Å². The Bertz CT molecular complexity index is 336. The lowest BCUT2D eigenvalue weighted by atomic mass is 10.0. The molecule has 0 amide bonds. The van der Waals surface area contributed by atoms with E-state index in [0.717, 1.165) is 51.4 Å². The van der Waals surface area contributed by atoms with Crippen molar-refractivity contribution in [3.8, 4) is 0 Å². The summed E-state index contributed by atoms with van der Waals surface area (Å²) in [6.45, 7) is 0.709. The normalized spacial score (nSPS) is 28.6. The van der Waals surface area contributed by atoms with Gasteiger partial charge in [-0.25, -0.2) is 8.42 Å². The first kappa shape index (κ1) is 13.6. The fourth-order valence-corrected chi connectivity index (χ4v) is 5.68. The van der Waals surface area contributed by atoms with E-state index in [-0.39, 0.29) is 11.3 Å². The lowest BCUT2D eigenvalue weighted by Gasteiger charge is -2.36. The van der Waals surface area contributed by atoms with Crippen molar-refractivity contribution in [2.75, 3.05) is 12.4 Å². The Hall–Kier alpha value is 0.200. The Morgan fingerprint density at radius 3 is 2.35 bits per heavy atom. The van der Waals surface area contributed by atoms with Gasteiger partial charge in [-0.2, -0.15) is 4.31 Å². The molecule has 0 bridgehead atoms. The molecular weight excluding hydrogens is 258 g/mol. The van der Waals surface area contributed by atoms with Crippen molar-refractivity contribution in [3.05, 3.63) is 0 Å². The quantitative estimate of drug-likeness (QED) is 0.742. The van der Waals surface area contributed by atoms with Gasteiger partial charge >= 0.3 is 0 Å². The largest absolute Gasteiger partial charge is 0.217 e. The molecule has 0 radical (unpaired) electrons. The molecule has 1 aliphatic heterocycles. The van der Waals surface area contributed by atoms with Gasteiger partial charge in [0, 0.05) is 18.5 Å². The molecule has 3 nitrogen and oxygen atoms in total. The third kappa shape index (κ3) is 2.96. The third-order valence-electron chi connectivity index (χ3n) is 4.07. The van der Waals surface area contributed by atoms with Crippen LogP contribution in [0.4, 0.5) is 0 Å². The van der Waals surface area contributed by atoms with E-state index in [1.54, 1.807) is 4.31 Å². The summed E-state index contributed by atoms with van der Waals surface area (Å²) in [6.07, 6.45) is 7.77. The lowest BCUT2D eigenvalue weighted by Crippen LogP contribution is -2.47. The minimum atomic E-state index is -3.06. The molecule has 2 rings (SSSR count). The van der Waals surface area contributed by atoms with Gasteiger partial charge < -0.3 is 0 Å². The van der Waals surface area contributed by atoms with Crippen LogP contribution in [0, 0.1) is 0 Å². The summed E-state index contributed by atoms with van der Waals surface area (Å²) >= 11 is 5.79. The van der Waals surface area contributed by atoms with Gasteiger partial charge in [0.05, 0.1) is 5.25 Å². The Morgan fingerprint density at radius 2 is 1.71 bits per heavy atom. The van der Waals surface area contributed by atoms with Crippen molar-refractivity contribution in [3.63, 3.8) is 0 Å². The fraction of sp³-hybridized carbons (Fsp3) is 1.00.